The Morgan fingerprint density at radius 1 is 1.16 bits per heavy atom. The zero-order valence-electron chi connectivity index (χ0n) is 17.0. The Morgan fingerprint density at radius 3 is 2.78 bits per heavy atom. The van der Waals surface area contributed by atoms with E-state index in [4.69, 9.17) is 30.2 Å². The van der Waals surface area contributed by atoms with Gasteiger partial charge in [-0.2, -0.15) is 0 Å². The Kier molecular flexibility index (Phi) is 6.72. The third kappa shape index (κ3) is 5.27. The first-order valence-electron chi connectivity index (χ1n) is 10.1. The molecule has 166 valence electrons. The number of para-hydroxylation sites is 1. The molecule has 0 spiro atoms. The van der Waals surface area contributed by atoms with E-state index in [1.807, 2.05) is 0 Å². The van der Waals surface area contributed by atoms with Gasteiger partial charge in [0.15, 0.2) is 6.61 Å². The zero-order valence-corrected chi connectivity index (χ0v) is 17.7. The van der Waals surface area contributed by atoms with E-state index in [2.05, 4.69) is 5.32 Å². The summed E-state index contributed by atoms with van der Waals surface area (Å²) in [4.78, 5) is 36.7. The second-order valence-corrected chi connectivity index (χ2v) is 7.59. The fourth-order valence-electron chi connectivity index (χ4n) is 3.28. The molecule has 1 aliphatic heterocycles. The molecule has 1 amide bonds. The van der Waals surface area contributed by atoms with Crippen molar-refractivity contribution in [1.29, 1.82) is 0 Å². The van der Waals surface area contributed by atoms with Gasteiger partial charge in [0.05, 0.1) is 11.1 Å². The van der Waals surface area contributed by atoms with Crippen molar-refractivity contribution in [1.82, 2.24) is 5.32 Å². The molecule has 8 nitrogen and oxygen atoms in total. The number of benzene rings is 2. The quantitative estimate of drug-likeness (QED) is 0.329. The number of rotatable bonds is 7. The van der Waals surface area contributed by atoms with Gasteiger partial charge in [-0.15, -0.1) is 0 Å². The first-order valence-corrected chi connectivity index (χ1v) is 10.4. The van der Waals surface area contributed by atoms with E-state index in [9.17, 15) is 14.4 Å². The topological polar surface area (TPSA) is 104 Å². The SMILES string of the molecule is O=C(COc1ccccc1Cl)Oc1ccc2cc(C(=O)NCC3CCCO3)c(=O)oc2c1. The lowest BCUT2D eigenvalue weighted by atomic mass is 10.1. The number of fused-ring (bicyclic) bond motifs is 1. The number of carbonyl (C=O) groups is 2. The van der Waals surface area contributed by atoms with Crippen molar-refractivity contribution in [3.63, 3.8) is 0 Å². The molecule has 4 rings (SSSR count). The van der Waals surface area contributed by atoms with E-state index in [1.165, 1.54) is 18.2 Å². The maximum absolute atomic E-state index is 12.4. The Bertz CT molecular complexity index is 1200. The van der Waals surface area contributed by atoms with Crippen LogP contribution in [0.5, 0.6) is 11.5 Å². The summed E-state index contributed by atoms with van der Waals surface area (Å²) < 4.78 is 21.3. The summed E-state index contributed by atoms with van der Waals surface area (Å²) in [5, 5.41) is 3.59. The lowest BCUT2D eigenvalue weighted by Crippen LogP contribution is -2.34. The van der Waals surface area contributed by atoms with Crippen molar-refractivity contribution in [3.8, 4) is 11.5 Å². The first-order chi connectivity index (χ1) is 15.5. The second kappa shape index (κ2) is 9.84. The molecule has 1 saturated heterocycles. The Hall–Kier alpha value is -3.36. The Labute approximate surface area is 188 Å². The number of hydrogen-bond donors (Lipinski definition) is 1. The second-order valence-electron chi connectivity index (χ2n) is 7.19. The molecule has 2 heterocycles. The van der Waals surface area contributed by atoms with Crippen molar-refractivity contribution < 1.29 is 28.2 Å². The summed E-state index contributed by atoms with van der Waals surface area (Å²) in [6, 6.07) is 12.7. The number of halogens is 1. The molecule has 0 bridgehead atoms. The van der Waals surface area contributed by atoms with Crippen molar-refractivity contribution in [2.24, 2.45) is 0 Å². The predicted molar refractivity (Wildman–Crippen MR) is 116 cm³/mol. The van der Waals surface area contributed by atoms with Crippen LogP contribution in [0.1, 0.15) is 23.2 Å². The molecule has 32 heavy (non-hydrogen) atoms. The molecule has 0 aliphatic carbocycles. The smallest absolute Gasteiger partial charge is 0.349 e. The largest absolute Gasteiger partial charge is 0.480 e. The third-order valence-corrected chi connectivity index (χ3v) is 5.19. The normalized spacial score (nSPS) is 15.5. The molecular formula is C23H20ClNO7. The molecule has 1 atom stereocenters. The lowest BCUT2D eigenvalue weighted by Gasteiger charge is -2.10. The minimum absolute atomic E-state index is 0.0365. The number of esters is 1. The highest BCUT2D eigenvalue weighted by atomic mass is 35.5. The minimum atomic E-state index is -0.784. The van der Waals surface area contributed by atoms with Crippen LogP contribution in [0.25, 0.3) is 11.0 Å². The van der Waals surface area contributed by atoms with Gasteiger partial charge >= 0.3 is 11.6 Å². The van der Waals surface area contributed by atoms with Crippen LogP contribution in [-0.2, 0) is 9.53 Å². The molecule has 1 aromatic heterocycles. The molecule has 9 heteroatoms. The molecule has 1 N–H and O–H groups in total. The minimum Gasteiger partial charge on any atom is -0.480 e. The average Bonchev–Trinajstić information content (AvgIpc) is 3.30. The van der Waals surface area contributed by atoms with Gasteiger partial charge in [0, 0.05) is 24.6 Å². The van der Waals surface area contributed by atoms with Gasteiger partial charge in [-0.25, -0.2) is 9.59 Å². The van der Waals surface area contributed by atoms with Crippen LogP contribution in [0.3, 0.4) is 0 Å². The summed E-state index contributed by atoms with van der Waals surface area (Å²) in [7, 11) is 0. The lowest BCUT2D eigenvalue weighted by molar-refractivity contribution is -0.136. The van der Waals surface area contributed by atoms with Gasteiger partial charge in [-0.3, -0.25) is 4.79 Å². The molecule has 3 aromatic rings. The monoisotopic (exact) mass is 457 g/mol. The number of ether oxygens (including phenoxy) is 3. The van der Waals surface area contributed by atoms with Crippen molar-refractivity contribution in [2.75, 3.05) is 19.8 Å². The fraction of sp³-hybridized carbons (Fsp3) is 0.261. The first kappa shape index (κ1) is 21.9. The standard InChI is InChI=1S/C23H20ClNO7/c24-18-5-1-2-6-19(18)30-13-21(26)31-15-8-7-14-10-17(23(28)32-20(14)11-15)22(27)25-12-16-4-3-9-29-16/h1-2,5-8,10-11,16H,3-4,9,12-13H2,(H,25,27). The highest BCUT2D eigenvalue weighted by Gasteiger charge is 2.19. The van der Waals surface area contributed by atoms with Crippen molar-refractivity contribution in [2.45, 2.75) is 18.9 Å². The molecule has 1 fully saturated rings. The molecular weight excluding hydrogens is 438 g/mol. The predicted octanol–water partition coefficient (Wildman–Crippen LogP) is 3.34. The third-order valence-electron chi connectivity index (χ3n) is 4.88. The van der Waals surface area contributed by atoms with Crippen LogP contribution < -0.4 is 20.4 Å². The number of nitrogens with one attached hydrogen (secondary N) is 1. The Balaban J connectivity index is 1.40. The molecule has 2 aromatic carbocycles. The van der Waals surface area contributed by atoms with E-state index >= 15 is 0 Å². The number of amides is 1. The average molecular weight is 458 g/mol. The Morgan fingerprint density at radius 2 is 2.00 bits per heavy atom. The van der Waals surface area contributed by atoms with Crippen LogP contribution in [-0.4, -0.2) is 37.7 Å². The summed E-state index contributed by atoms with van der Waals surface area (Å²) >= 11 is 5.98. The fourth-order valence-corrected chi connectivity index (χ4v) is 3.47. The van der Waals surface area contributed by atoms with E-state index in [-0.39, 0.29) is 29.6 Å². The highest BCUT2D eigenvalue weighted by molar-refractivity contribution is 6.32. The van der Waals surface area contributed by atoms with Gasteiger partial charge in [0.2, 0.25) is 0 Å². The summed E-state index contributed by atoms with van der Waals surface area (Å²) in [6.45, 7) is 0.661. The summed E-state index contributed by atoms with van der Waals surface area (Å²) in [6.07, 6.45) is 1.79. The van der Waals surface area contributed by atoms with E-state index < -0.39 is 17.5 Å². The highest BCUT2D eigenvalue weighted by Crippen LogP contribution is 2.24. The zero-order chi connectivity index (χ0) is 22.5. The van der Waals surface area contributed by atoms with Gasteiger partial charge in [-0.1, -0.05) is 23.7 Å². The van der Waals surface area contributed by atoms with Gasteiger partial charge in [-0.05, 0) is 43.2 Å². The summed E-state index contributed by atoms with van der Waals surface area (Å²) in [5.41, 5.74) is -0.704. The van der Waals surface area contributed by atoms with Crippen LogP contribution in [0, 0.1) is 0 Å². The maximum atomic E-state index is 12.4. The molecule has 0 saturated carbocycles. The van der Waals surface area contributed by atoms with Gasteiger partial charge in [0.1, 0.15) is 22.6 Å². The number of hydrogen-bond acceptors (Lipinski definition) is 7. The summed E-state index contributed by atoms with van der Waals surface area (Å²) in [5.74, 6) is -0.648. The maximum Gasteiger partial charge on any atom is 0.349 e. The van der Waals surface area contributed by atoms with Crippen LogP contribution in [0.15, 0.2) is 57.7 Å². The van der Waals surface area contributed by atoms with Crippen LogP contribution >= 0.6 is 11.6 Å². The van der Waals surface area contributed by atoms with E-state index in [1.54, 1.807) is 30.3 Å². The van der Waals surface area contributed by atoms with Crippen LogP contribution in [0.4, 0.5) is 0 Å². The van der Waals surface area contributed by atoms with Gasteiger partial charge < -0.3 is 23.9 Å². The number of carbonyl (C=O) groups excluding carboxylic acids is 2. The van der Waals surface area contributed by atoms with Crippen LogP contribution in [0.2, 0.25) is 5.02 Å². The van der Waals surface area contributed by atoms with Crippen molar-refractivity contribution >= 4 is 34.4 Å². The van der Waals surface area contributed by atoms with E-state index in [0.717, 1.165) is 12.8 Å². The molecule has 1 unspecified atom stereocenters. The van der Waals surface area contributed by atoms with Crippen molar-refractivity contribution in [3.05, 3.63) is 69.5 Å². The van der Waals surface area contributed by atoms with Gasteiger partial charge in [0.25, 0.3) is 5.91 Å². The van der Waals surface area contributed by atoms with E-state index in [0.29, 0.717) is 29.3 Å². The molecule has 0 radical (unpaired) electrons. The molecule has 1 aliphatic rings.